The fraction of sp³-hybridized carbons (Fsp3) is 0.360. The Morgan fingerprint density at radius 1 is 0.829 bits per heavy atom. The van der Waals surface area contributed by atoms with Gasteiger partial charge in [0.1, 0.15) is 25.0 Å². The lowest BCUT2D eigenvalue weighted by atomic mass is 10.1. The van der Waals surface area contributed by atoms with Gasteiger partial charge in [-0.2, -0.15) is 0 Å². The number of rotatable bonds is 14. The van der Waals surface area contributed by atoms with Gasteiger partial charge in [0.05, 0.1) is 27.2 Å². The summed E-state index contributed by atoms with van der Waals surface area (Å²) < 4.78 is 24.9. The smallest absolute Gasteiger partial charge is 0.343 e. The molecule has 0 fully saturated rings. The van der Waals surface area contributed by atoms with Crippen molar-refractivity contribution >= 4 is 23.8 Å². The van der Waals surface area contributed by atoms with Crippen molar-refractivity contribution in [3.8, 4) is 5.75 Å². The standard InChI is InChI=1S/C25H29NO9/c1-31-23(28)12-13-34-25(30)21(26-22(27)16-33-15-19-6-4-3-5-7-19)14-18-8-10-20(11-9-18)35-17-24(29)32-2/h3-11,21H,12-17H2,1-2H3,(H,26,27). The molecule has 0 aromatic heterocycles. The third-order valence-electron chi connectivity index (χ3n) is 4.69. The lowest BCUT2D eigenvalue weighted by molar-refractivity contribution is -0.151. The maximum Gasteiger partial charge on any atom is 0.343 e. The van der Waals surface area contributed by atoms with Gasteiger partial charge in [0.15, 0.2) is 6.61 Å². The molecule has 1 amide bonds. The van der Waals surface area contributed by atoms with Crippen LogP contribution in [0.4, 0.5) is 0 Å². The lowest BCUT2D eigenvalue weighted by Crippen LogP contribution is -2.45. The Morgan fingerprint density at radius 3 is 2.17 bits per heavy atom. The highest BCUT2D eigenvalue weighted by Crippen LogP contribution is 2.14. The minimum atomic E-state index is -1.01. The van der Waals surface area contributed by atoms with E-state index in [1.165, 1.54) is 14.2 Å². The summed E-state index contributed by atoms with van der Waals surface area (Å²) in [6.45, 7) is -0.413. The van der Waals surface area contributed by atoms with Gasteiger partial charge >= 0.3 is 17.9 Å². The number of hydrogen-bond donors (Lipinski definition) is 1. The first-order valence-corrected chi connectivity index (χ1v) is 10.8. The molecule has 0 aliphatic rings. The molecule has 2 aromatic rings. The largest absolute Gasteiger partial charge is 0.482 e. The number of amides is 1. The molecule has 0 heterocycles. The molecule has 35 heavy (non-hydrogen) atoms. The SMILES string of the molecule is COC(=O)CCOC(=O)C(Cc1ccc(OCC(=O)OC)cc1)NC(=O)COCc1ccccc1. The highest BCUT2D eigenvalue weighted by Gasteiger charge is 2.23. The molecule has 1 N–H and O–H groups in total. The molecule has 10 nitrogen and oxygen atoms in total. The molecule has 1 atom stereocenters. The molecule has 2 rings (SSSR count). The molecule has 0 aliphatic heterocycles. The van der Waals surface area contributed by atoms with E-state index in [1.807, 2.05) is 30.3 Å². The van der Waals surface area contributed by atoms with Gasteiger partial charge in [0, 0.05) is 6.42 Å². The van der Waals surface area contributed by atoms with Crippen LogP contribution in [-0.4, -0.2) is 63.9 Å². The zero-order valence-electron chi connectivity index (χ0n) is 19.7. The predicted octanol–water partition coefficient (Wildman–Crippen LogP) is 1.59. The van der Waals surface area contributed by atoms with Gasteiger partial charge in [-0.05, 0) is 23.3 Å². The topological polar surface area (TPSA) is 126 Å². The summed E-state index contributed by atoms with van der Waals surface area (Å²) in [6.07, 6.45) is 0.0219. The number of carbonyl (C=O) groups is 4. The maximum absolute atomic E-state index is 12.6. The average Bonchev–Trinajstić information content (AvgIpc) is 2.88. The number of esters is 3. The first-order chi connectivity index (χ1) is 16.9. The molecule has 0 aliphatic carbocycles. The highest BCUT2D eigenvalue weighted by atomic mass is 16.6. The Morgan fingerprint density at radius 2 is 1.51 bits per heavy atom. The summed E-state index contributed by atoms with van der Waals surface area (Å²) in [5, 5.41) is 2.62. The average molecular weight is 488 g/mol. The minimum Gasteiger partial charge on any atom is -0.482 e. The van der Waals surface area contributed by atoms with Crippen molar-refractivity contribution in [2.45, 2.75) is 25.5 Å². The van der Waals surface area contributed by atoms with Crippen molar-refractivity contribution < 1.29 is 42.9 Å². The molecule has 0 saturated heterocycles. The number of benzene rings is 2. The van der Waals surface area contributed by atoms with Gasteiger partial charge < -0.3 is 29.0 Å². The van der Waals surface area contributed by atoms with Crippen LogP contribution in [0.15, 0.2) is 54.6 Å². The Bertz CT molecular complexity index is 961. The highest BCUT2D eigenvalue weighted by molar-refractivity contribution is 5.85. The third-order valence-corrected chi connectivity index (χ3v) is 4.69. The molecule has 2 aromatic carbocycles. The predicted molar refractivity (Wildman–Crippen MR) is 123 cm³/mol. The van der Waals surface area contributed by atoms with Crippen LogP contribution in [0.2, 0.25) is 0 Å². The van der Waals surface area contributed by atoms with E-state index in [0.29, 0.717) is 11.3 Å². The van der Waals surface area contributed by atoms with Crippen LogP contribution in [0.5, 0.6) is 5.75 Å². The van der Waals surface area contributed by atoms with E-state index in [9.17, 15) is 19.2 Å². The maximum atomic E-state index is 12.6. The molecule has 188 valence electrons. The molecule has 0 radical (unpaired) electrons. The second kappa shape index (κ2) is 15.1. The summed E-state index contributed by atoms with van der Waals surface area (Å²) in [5.74, 6) is -1.78. The summed E-state index contributed by atoms with van der Waals surface area (Å²) in [4.78, 5) is 47.5. The van der Waals surface area contributed by atoms with Crippen LogP contribution >= 0.6 is 0 Å². The summed E-state index contributed by atoms with van der Waals surface area (Å²) in [7, 11) is 2.50. The Labute approximate surface area is 203 Å². The van der Waals surface area contributed by atoms with Crippen molar-refractivity contribution in [1.82, 2.24) is 5.32 Å². The lowest BCUT2D eigenvalue weighted by Gasteiger charge is -2.18. The number of hydrogen-bond acceptors (Lipinski definition) is 9. The summed E-state index contributed by atoms with van der Waals surface area (Å²) >= 11 is 0. The molecule has 0 spiro atoms. The van der Waals surface area contributed by atoms with Crippen LogP contribution in [-0.2, 0) is 51.2 Å². The van der Waals surface area contributed by atoms with E-state index in [2.05, 4.69) is 14.8 Å². The summed E-state index contributed by atoms with van der Waals surface area (Å²) in [6, 6.07) is 15.0. The van der Waals surface area contributed by atoms with Crippen LogP contribution in [0.1, 0.15) is 17.5 Å². The van der Waals surface area contributed by atoms with E-state index in [-0.39, 0.29) is 39.3 Å². The number of carbonyl (C=O) groups excluding carboxylic acids is 4. The Kier molecular flexibility index (Phi) is 11.8. The second-order valence-electron chi connectivity index (χ2n) is 7.31. The summed E-state index contributed by atoms with van der Waals surface area (Å²) in [5.41, 5.74) is 1.62. The zero-order chi connectivity index (χ0) is 25.5. The fourth-order valence-electron chi connectivity index (χ4n) is 2.86. The van der Waals surface area contributed by atoms with Crippen LogP contribution < -0.4 is 10.1 Å². The van der Waals surface area contributed by atoms with E-state index in [0.717, 1.165) is 5.56 Å². The number of ether oxygens (including phenoxy) is 5. The molecular weight excluding hydrogens is 458 g/mol. The van der Waals surface area contributed by atoms with Crippen LogP contribution in [0, 0.1) is 0 Å². The molecule has 1 unspecified atom stereocenters. The normalized spacial score (nSPS) is 11.1. The fourth-order valence-corrected chi connectivity index (χ4v) is 2.86. The van der Waals surface area contributed by atoms with Gasteiger partial charge in [-0.1, -0.05) is 42.5 Å². The Balaban J connectivity index is 1.95. The first kappa shape index (κ1) is 27.3. The van der Waals surface area contributed by atoms with Crippen LogP contribution in [0.3, 0.4) is 0 Å². The van der Waals surface area contributed by atoms with E-state index in [1.54, 1.807) is 24.3 Å². The third kappa shape index (κ3) is 10.7. The van der Waals surface area contributed by atoms with E-state index >= 15 is 0 Å². The van der Waals surface area contributed by atoms with Gasteiger partial charge in [0.25, 0.3) is 0 Å². The quantitative estimate of drug-likeness (QED) is 0.312. The monoisotopic (exact) mass is 487 g/mol. The molecular formula is C25H29NO9. The van der Waals surface area contributed by atoms with Gasteiger partial charge in [-0.3, -0.25) is 9.59 Å². The van der Waals surface area contributed by atoms with E-state index < -0.39 is 29.9 Å². The molecule has 0 saturated carbocycles. The molecule has 10 heteroatoms. The molecule has 0 bridgehead atoms. The van der Waals surface area contributed by atoms with Crippen molar-refractivity contribution in [2.75, 3.05) is 34.0 Å². The van der Waals surface area contributed by atoms with Gasteiger partial charge in [-0.25, -0.2) is 9.59 Å². The zero-order valence-corrected chi connectivity index (χ0v) is 19.7. The van der Waals surface area contributed by atoms with Crippen molar-refractivity contribution in [3.05, 3.63) is 65.7 Å². The van der Waals surface area contributed by atoms with Crippen molar-refractivity contribution in [3.63, 3.8) is 0 Å². The van der Waals surface area contributed by atoms with Gasteiger partial charge in [-0.15, -0.1) is 0 Å². The van der Waals surface area contributed by atoms with E-state index in [4.69, 9.17) is 14.2 Å². The van der Waals surface area contributed by atoms with Crippen molar-refractivity contribution in [1.29, 1.82) is 0 Å². The second-order valence-corrected chi connectivity index (χ2v) is 7.31. The number of methoxy groups -OCH3 is 2. The minimum absolute atomic E-state index is 0.102. The van der Waals surface area contributed by atoms with Crippen molar-refractivity contribution in [2.24, 2.45) is 0 Å². The van der Waals surface area contributed by atoms with Crippen LogP contribution in [0.25, 0.3) is 0 Å². The number of nitrogens with one attached hydrogen (secondary N) is 1. The van der Waals surface area contributed by atoms with Gasteiger partial charge in [0.2, 0.25) is 5.91 Å². The first-order valence-electron chi connectivity index (χ1n) is 10.8. The Hall–Kier alpha value is -3.92.